The summed E-state index contributed by atoms with van der Waals surface area (Å²) in [4.78, 5) is 29.8. The van der Waals surface area contributed by atoms with Crippen molar-refractivity contribution in [2.24, 2.45) is 5.41 Å². The molecule has 0 radical (unpaired) electrons. The number of carbonyl (C=O) groups is 1. The highest BCUT2D eigenvalue weighted by Crippen LogP contribution is 2.48. The van der Waals surface area contributed by atoms with Crippen LogP contribution in [0.1, 0.15) is 94.0 Å². The van der Waals surface area contributed by atoms with Crippen LogP contribution >= 0.6 is 0 Å². The van der Waals surface area contributed by atoms with Crippen molar-refractivity contribution < 1.29 is 9.90 Å². The molecule has 6 rings (SSSR count). The average molecular weight is 602 g/mol. The minimum absolute atomic E-state index is 0.0102. The van der Waals surface area contributed by atoms with E-state index in [1.54, 1.807) is 6.20 Å². The Kier molecular flexibility index (Phi) is 9.54. The van der Waals surface area contributed by atoms with Gasteiger partial charge in [-0.05, 0) is 94.1 Å². The molecular weight excluding hydrogens is 550 g/mol. The summed E-state index contributed by atoms with van der Waals surface area (Å²) in [6, 6.07) is 8.81. The van der Waals surface area contributed by atoms with Gasteiger partial charge in [0.05, 0.1) is 11.5 Å². The monoisotopic (exact) mass is 601 g/mol. The quantitative estimate of drug-likeness (QED) is 0.221. The van der Waals surface area contributed by atoms with Crippen molar-refractivity contribution in [3.05, 3.63) is 71.8 Å². The van der Waals surface area contributed by atoms with Gasteiger partial charge >= 0.3 is 5.97 Å². The van der Waals surface area contributed by atoms with Gasteiger partial charge in [0.25, 0.3) is 0 Å². The first-order chi connectivity index (χ1) is 21.4. The van der Waals surface area contributed by atoms with Gasteiger partial charge in [0.1, 0.15) is 11.6 Å². The lowest BCUT2D eigenvalue weighted by molar-refractivity contribution is -0.140. The van der Waals surface area contributed by atoms with E-state index < -0.39 is 11.4 Å². The average Bonchev–Trinajstić information content (AvgIpc) is 3.32. The van der Waals surface area contributed by atoms with Crippen molar-refractivity contribution in [3.63, 3.8) is 0 Å². The maximum atomic E-state index is 11.7. The number of rotatable bonds is 15. The van der Waals surface area contributed by atoms with Gasteiger partial charge in [-0.2, -0.15) is 0 Å². The lowest BCUT2D eigenvalue weighted by Gasteiger charge is -2.42. The second kappa shape index (κ2) is 13.5. The number of likely N-dealkylation sites (tertiary alicyclic amines) is 2. The summed E-state index contributed by atoms with van der Waals surface area (Å²) in [5, 5.41) is 13.3. The van der Waals surface area contributed by atoms with Crippen LogP contribution in [0.25, 0.3) is 0 Å². The number of carboxylic acid groups (broad SMARTS) is 1. The Labute approximate surface area is 262 Å². The molecule has 3 fully saturated rings. The van der Waals surface area contributed by atoms with Gasteiger partial charge in [0.2, 0.25) is 0 Å². The first-order valence-electron chi connectivity index (χ1n) is 17.0. The molecule has 3 aliphatic rings. The molecule has 0 bridgehead atoms. The van der Waals surface area contributed by atoms with Gasteiger partial charge < -0.3 is 29.8 Å². The summed E-state index contributed by atoms with van der Waals surface area (Å²) in [5.41, 5.74) is 1.91. The number of imidazole rings is 2. The van der Waals surface area contributed by atoms with E-state index in [-0.39, 0.29) is 6.04 Å². The Morgan fingerprint density at radius 3 is 2.41 bits per heavy atom. The number of nitrogens with zero attached hydrogens (tertiary/aromatic N) is 5. The maximum Gasteiger partial charge on any atom is 0.314 e. The third-order valence-electron chi connectivity index (χ3n) is 11.0. The fourth-order valence-electron chi connectivity index (χ4n) is 7.84. The highest BCUT2D eigenvalue weighted by molar-refractivity contribution is 5.84. The fraction of sp³-hybridized carbons (Fsp3) is 0.629. The Morgan fingerprint density at radius 2 is 1.75 bits per heavy atom. The molecule has 2 aliphatic heterocycles. The summed E-state index contributed by atoms with van der Waals surface area (Å²) >= 11 is 0. The zero-order valence-electron chi connectivity index (χ0n) is 26.7. The molecule has 44 heavy (non-hydrogen) atoms. The van der Waals surface area contributed by atoms with E-state index >= 15 is 0 Å². The maximum absolute atomic E-state index is 11.7. The van der Waals surface area contributed by atoms with Crippen LogP contribution in [-0.2, 0) is 29.7 Å². The summed E-state index contributed by atoms with van der Waals surface area (Å²) < 4.78 is 2.31. The molecule has 9 heteroatoms. The topological polar surface area (TPSA) is 102 Å². The van der Waals surface area contributed by atoms with Crippen LogP contribution in [0.3, 0.4) is 0 Å². The third-order valence-corrected chi connectivity index (χ3v) is 11.0. The van der Waals surface area contributed by atoms with E-state index in [1.807, 2.05) is 36.7 Å². The molecule has 1 saturated carbocycles. The van der Waals surface area contributed by atoms with Gasteiger partial charge in [-0.3, -0.25) is 4.79 Å². The van der Waals surface area contributed by atoms with Crippen molar-refractivity contribution in [1.82, 2.24) is 34.6 Å². The standard InChI is InChI=1S/C35H51N7O2/c1-3-29(4-2)41-21-13-34(14-22-41)12-20-40(26-34)18-5-19-42-23-17-36-31(42)24-30(32-37-15-16-38-32)39-25-27-6-8-28(9-7-27)35(10-11-35)33(43)44/h6-9,15-17,23,29-30,39H,3-5,10-14,18-22,24-26H2,1-2H3,(H,37,38)(H,43,44). The number of hydrogen-bond acceptors (Lipinski definition) is 6. The first kappa shape index (κ1) is 31.0. The summed E-state index contributed by atoms with van der Waals surface area (Å²) in [6.07, 6.45) is 17.6. The van der Waals surface area contributed by atoms with Crippen LogP contribution in [0.4, 0.5) is 0 Å². The lowest BCUT2D eigenvalue weighted by atomic mass is 9.77. The number of H-pyrrole nitrogens is 1. The number of aromatic amines is 1. The van der Waals surface area contributed by atoms with Crippen molar-refractivity contribution in [3.8, 4) is 0 Å². The molecule has 1 aromatic carbocycles. The van der Waals surface area contributed by atoms with Crippen LogP contribution in [0.2, 0.25) is 0 Å². The molecule has 1 atom stereocenters. The number of aryl methyl sites for hydroxylation is 1. The Balaban J connectivity index is 0.996. The van der Waals surface area contributed by atoms with Crippen LogP contribution in [0, 0.1) is 5.41 Å². The van der Waals surface area contributed by atoms with E-state index in [0.717, 1.165) is 67.6 Å². The number of hydrogen-bond donors (Lipinski definition) is 3. The number of piperidine rings is 1. The predicted molar refractivity (Wildman–Crippen MR) is 172 cm³/mol. The molecule has 2 aromatic heterocycles. The minimum Gasteiger partial charge on any atom is -0.481 e. The number of nitrogens with one attached hydrogen (secondary N) is 2. The van der Waals surface area contributed by atoms with Crippen LogP contribution < -0.4 is 5.32 Å². The molecule has 2 saturated heterocycles. The number of aliphatic carboxylic acids is 1. The highest BCUT2D eigenvalue weighted by atomic mass is 16.4. The summed E-state index contributed by atoms with van der Waals surface area (Å²) in [7, 11) is 0. The van der Waals surface area contributed by atoms with E-state index in [2.05, 4.69) is 49.7 Å². The van der Waals surface area contributed by atoms with Gasteiger partial charge in [0.15, 0.2) is 0 Å². The van der Waals surface area contributed by atoms with Crippen LogP contribution in [0.5, 0.6) is 0 Å². The molecule has 238 valence electrons. The second-order valence-electron chi connectivity index (χ2n) is 13.6. The van der Waals surface area contributed by atoms with E-state index in [9.17, 15) is 9.90 Å². The lowest BCUT2D eigenvalue weighted by Crippen LogP contribution is -2.45. The van der Waals surface area contributed by atoms with Crippen LogP contribution in [-0.4, -0.2) is 79.2 Å². The van der Waals surface area contributed by atoms with Gasteiger partial charge in [0, 0.05) is 56.9 Å². The molecule has 3 N–H and O–H groups in total. The fourth-order valence-corrected chi connectivity index (χ4v) is 7.84. The third kappa shape index (κ3) is 6.80. The molecule has 1 aliphatic carbocycles. The zero-order chi connectivity index (χ0) is 30.6. The first-order valence-corrected chi connectivity index (χ1v) is 17.0. The van der Waals surface area contributed by atoms with E-state index in [4.69, 9.17) is 4.98 Å². The predicted octanol–water partition coefficient (Wildman–Crippen LogP) is 5.16. The number of aromatic nitrogens is 4. The molecule has 4 heterocycles. The SMILES string of the molecule is CCC(CC)N1CCC2(CCN(CCCn3ccnc3CC(NCc3ccc(C4(C(=O)O)CC4)cc3)c3ncc[nH]3)C2)CC1. The van der Waals surface area contributed by atoms with Crippen molar-refractivity contribution >= 4 is 5.97 Å². The summed E-state index contributed by atoms with van der Waals surface area (Å²) in [6.45, 7) is 12.5. The normalized spacial score (nSPS) is 20.4. The highest BCUT2D eigenvalue weighted by Gasteiger charge is 2.51. The van der Waals surface area contributed by atoms with Gasteiger partial charge in [-0.15, -0.1) is 0 Å². The molecule has 1 spiro atoms. The van der Waals surface area contributed by atoms with Crippen LogP contribution in [0.15, 0.2) is 49.1 Å². The Hall–Kier alpha value is -3.01. The molecular formula is C35H51N7O2. The van der Waals surface area contributed by atoms with Crippen molar-refractivity contribution in [2.45, 2.75) is 102 Å². The second-order valence-corrected chi connectivity index (χ2v) is 13.6. The number of carboxylic acids is 1. The Bertz CT molecular complexity index is 1340. The van der Waals surface area contributed by atoms with Gasteiger partial charge in [-0.1, -0.05) is 38.1 Å². The smallest absolute Gasteiger partial charge is 0.314 e. The summed E-state index contributed by atoms with van der Waals surface area (Å²) in [5.74, 6) is 1.25. The largest absolute Gasteiger partial charge is 0.481 e. The number of benzene rings is 1. The molecule has 1 unspecified atom stereocenters. The van der Waals surface area contributed by atoms with E-state index in [0.29, 0.717) is 12.0 Å². The Morgan fingerprint density at radius 1 is 1.00 bits per heavy atom. The van der Waals surface area contributed by atoms with E-state index in [1.165, 1.54) is 58.3 Å². The van der Waals surface area contributed by atoms with Gasteiger partial charge in [-0.25, -0.2) is 9.97 Å². The molecule has 3 aromatic rings. The molecule has 9 nitrogen and oxygen atoms in total. The molecule has 0 amide bonds. The van der Waals surface area contributed by atoms with Crippen molar-refractivity contribution in [2.75, 3.05) is 32.7 Å². The minimum atomic E-state index is -0.714. The zero-order valence-corrected chi connectivity index (χ0v) is 26.7. The van der Waals surface area contributed by atoms with Crippen molar-refractivity contribution in [1.29, 1.82) is 0 Å².